The maximum Gasteiger partial charge on any atom is 0.419 e. The molecule has 2 aliphatic rings. The normalized spacial score (nSPS) is 19.5. The Balaban J connectivity index is 1.45. The summed E-state index contributed by atoms with van der Waals surface area (Å²) < 4.78 is 69.4. The average Bonchev–Trinajstić information content (AvgIpc) is 3.41. The summed E-state index contributed by atoms with van der Waals surface area (Å²) in [5, 5.41) is 9.61. The molecule has 1 aromatic carbocycles. The van der Waals surface area contributed by atoms with Crippen LogP contribution >= 0.6 is 11.3 Å². The molecule has 5 rings (SSSR count). The van der Waals surface area contributed by atoms with Gasteiger partial charge < -0.3 is 14.8 Å². The molecular weight excluding hydrogens is 501 g/mol. The van der Waals surface area contributed by atoms with Gasteiger partial charge >= 0.3 is 6.18 Å². The molecule has 0 amide bonds. The van der Waals surface area contributed by atoms with Crippen LogP contribution in [0.2, 0.25) is 0 Å². The molecule has 1 aliphatic carbocycles. The van der Waals surface area contributed by atoms with Crippen molar-refractivity contribution in [3.63, 3.8) is 0 Å². The third kappa shape index (κ3) is 5.04. The van der Waals surface area contributed by atoms with Crippen molar-refractivity contribution >= 4 is 21.2 Å². The van der Waals surface area contributed by atoms with Crippen molar-refractivity contribution in [2.75, 3.05) is 13.2 Å². The van der Waals surface area contributed by atoms with Gasteiger partial charge in [-0.3, -0.25) is 0 Å². The van der Waals surface area contributed by atoms with Gasteiger partial charge in [-0.05, 0) is 61.4 Å². The van der Waals surface area contributed by atoms with Gasteiger partial charge in [0.15, 0.2) is 15.9 Å². The number of alkyl halides is 3. The highest BCUT2D eigenvalue weighted by Crippen LogP contribution is 2.41. The topological polar surface area (TPSA) is 92.3 Å². The number of hydrogen-bond acceptors (Lipinski definition) is 6. The lowest BCUT2D eigenvalue weighted by molar-refractivity contribution is -0.205. The molecule has 35 heavy (non-hydrogen) atoms. The van der Waals surface area contributed by atoms with E-state index in [1.165, 1.54) is 0 Å². The number of aliphatic hydroxyl groups is 1. The van der Waals surface area contributed by atoms with E-state index in [4.69, 9.17) is 4.74 Å². The number of hydrogen-bond donors (Lipinski definition) is 2. The van der Waals surface area contributed by atoms with E-state index in [1.807, 2.05) is 18.2 Å². The second kappa shape index (κ2) is 9.34. The Morgan fingerprint density at radius 2 is 1.74 bits per heavy atom. The fourth-order valence-corrected chi connectivity index (χ4v) is 7.17. The molecular formula is C24H25F3N2O4S2. The molecule has 0 spiro atoms. The molecule has 2 fully saturated rings. The summed E-state index contributed by atoms with van der Waals surface area (Å²) in [5.74, 6) is 0.186. The van der Waals surface area contributed by atoms with Crippen molar-refractivity contribution < 1.29 is 31.4 Å². The molecule has 3 aromatic rings. The molecule has 3 heterocycles. The first-order chi connectivity index (χ1) is 16.6. The predicted octanol–water partition coefficient (Wildman–Crippen LogP) is 5.23. The number of aromatic amines is 1. The minimum Gasteiger partial charge on any atom is -0.381 e. The number of thiazole rings is 1. The largest absolute Gasteiger partial charge is 0.419 e. The quantitative estimate of drug-likeness (QED) is 0.440. The van der Waals surface area contributed by atoms with Crippen LogP contribution < -0.4 is 0 Å². The van der Waals surface area contributed by atoms with E-state index in [9.17, 15) is 26.7 Å². The Labute approximate surface area is 205 Å². The monoisotopic (exact) mass is 526 g/mol. The molecule has 1 saturated heterocycles. The second-order valence-electron chi connectivity index (χ2n) is 9.08. The fourth-order valence-electron chi connectivity index (χ4n) is 4.61. The Hall–Kier alpha value is -2.21. The molecule has 188 valence electrons. The third-order valence-electron chi connectivity index (χ3n) is 6.65. The number of rotatable bonds is 7. The molecule has 1 aliphatic heterocycles. The molecule has 2 N–H and O–H groups in total. The highest BCUT2D eigenvalue weighted by Gasteiger charge is 2.41. The van der Waals surface area contributed by atoms with E-state index in [1.54, 1.807) is 18.2 Å². The van der Waals surface area contributed by atoms with Crippen LogP contribution in [0.3, 0.4) is 0 Å². The van der Waals surface area contributed by atoms with E-state index in [2.05, 4.69) is 9.97 Å². The van der Waals surface area contributed by atoms with Crippen molar-refractivity contribution in [2.24, 2.45) is 5.92 Å². The van der Waals surface area contributed by atoms with Gasteiger partial charge in [-0.25, -0.2) is 13.4 Å². The number of sulfone groups is 1. The van der Waals surface area contributed by atoms with Crippen LogP contribution in [0.25, 0.3) is 10.7 Å². The zero-order valence-electron chi connectivity index (χ0n) is 18.7. The summed E-state index contributed by atoms with van der Waals surface area (Å²) >= 11 is 0.792. The van der Waals surface area contributed by atoms with E-state index in [0.717, 1.165) is 41.6 Å². The number of aliphatic hydroxyl groups excluding tert-OH is 1. The van der Waals surface area contributed by atoms with Gasteiger partial charge in [0.05, 0.1) is 20.7 Å². The molecule has 2 unspecified atom stereocenters. The SMILES string of the molecule is O=S(=O)(c1ccc(C(c2ccc(-c3ncc(C(O)C(F)(F)F)s3)[nH]2)C2CCOCC2)cc1)C1CC1. The van der Waals surface area contributed by atoms with Crippen molar-refractivity contribution in [2.45, 2.75) is 54.0 Å². The van der Waals surface area contributed by atoms with Crippen molar-refractivity contribution in [3.8, 4) is 10.7 Å². The first-order valence-electron chi connectivity index (χ1n) is 11.5. The summed E-state index contributed by atoms with van der Waals surface area (Å²) in [4.78, 5) is 7.46. The second-order valence-corrected chi connectivity index (χ2v) is 12.4. The first-order valence-corrected chi connectivity index (χ1v) is 13.8. The number of benzene rings is 1. The van der Waals surface area contributed by atoms with Crippen LogP contribution in [-0.4, -0.2) is 48.1 Å². The Bertz CT molecular complexity index is 1270. The standard InChI is InChI=1S/C24H25F3N2O4S2/c25-24(26,27)22(30)20-13-28-23(34-20)19-8-7-18(29-19)21(15-9-11-33-12-10-15)14-1-3-16(4-2-14)35(31,32)17-5-6-17/h1-4,7-8,13,15,17,21-22,29-30H,5-6,9-12H2. The lowest BCUT2D eigenvalue weighted by Crippen LogP contribution is -2.23. The lowest BCUT2D eigenvalue weighted by atomic mass is 9.79. The number of nitrogens with one attached hydrogen (secondary N) is 1. The van der Waals surface area contributed by atoms with E-state index in [0.29, 0.717) is 41.7 Å². The molecule has 2 atom stereocenters. The van der Waals surface area contributed by atoms with Crippen LogP contribution in [0.4, 0.5) is 13.2 Å². The van der Waals surface area contributed by atoms with Gasteiger partial charge in [0.2, 0.25) is 0 Å². The minimum atomic E-state index is -4.75. The van der Waals surface area contributed by atoms with Gasteiger partial charge in [-0.1, -0.05) is 12.1 Å². The maximum absolute atomic E-state index is 12.9. The number of H-pyrrole nitrogens is 1. The lowest BCUT2D eigenvalue weighted by Gasteiger charge is -2.30. The fraction of sp³-hybridized carbons (Fsp3) is 0.458. The number of halogens is 3. The molecule has 0 bridgehead atoms. The van der Waals surface area contributed by atoms with Crippen molar-refractivity contribution in [3.05, 3.63) is 58.7 Å². The van der Waals surface area contributed by atoms with Gasteiger partial charge in [0, 0.05) is 31.0 Å². The van der Waals surface area contributed by atoms with E-state index in [-0.39, 0.29) is 22.0 Å². The van der Waals surface area contributed by atoms with E-state index >= 15 is 0 Å². The average molecular weight is 527 g/mol. The Morgan fingerprint density at radius 3 is 2.37 bits per heavy atom. The summed E-state index contributed by atoms with van der Waals surface area (Å²) in [7, 11) is -3.28. The molecule has 2 aromatic heterocycles. The van der Waals surface area contributed by atoms with Crippen LogP contribution in [-0.2, 0) is 14.6 Å². The Kier molecular flexibility index (Phi) is 6.54. The number of nitrogens with zero attached hydrogens (tertiary/aromatic N) is 1. The zero-order valence-corrected chi connectivity index (χ0v) is 20.3. The van der Waals surface area contributed by atoms with Crippen LogP contribution in [0.15, 0.2) is 47.5 Å². The van der Waals surface area contributed by atoms with Crippen molar-refractivity contribution in [1.82, 2.24) is 9.97 Å². The summed E-state index contributed by atoms with van der Waals surface area (Å²) in [6.45, 7) is 1.27. The van der Waals surface area contributed by atoms with E-state index < -0.39 is 22.1 Å². The molecule has 11 heteroatoms. The maximum atomic E-state index is 12.9. The van der Waals surface area contributed by atoms with Crippen LogP contribution in [0.1, 0.15) is 53.8 Å². The third-order valence-corrected chi connectivity index (χ3v) is 10.0. The molecule has 6 nitrogen and oxygen atoms in total. The Morgan fingerprint density at radius 1 is 1.06 bits per heavy atom. The minimum absolute atomic E-state index is 0.0643. The molecule has 0 radical (unpaired) electrons. The van der Waals surface area contributed by atoms with Gasteiger partial charge in [0.25, 0.3) is 0 Å². The van der Waals surface area contributed by atoms with Crippen LogP contribution in [0.5, 0.6) is 0 Å². The van der Waals surface area contributed by atoms with Gasteiger partial charge in [-0.15, -0.1) is 11.3 Å². The first kappa shape index (κ1) is 24.5. The summed E-state index contributed by atoms with van der Waals surface area (Å²) in [6, 6.07) is 10.7. The number of aromatic nitrogens is 2. The zero-order chi connectivity index (χ0) is 24.8. The van der Waals surface area contributed by atoms with Gasteiger partial charge in [-0.2, -0.15) is 13.2 Å². The smallest absolute Gasteiger partial charge is 0.381 e. The summed E-state index contributed by atoms with van der Waals surface area (Å²) in [5.41, 5.74) is 2.40. The van der Waals surface area contributed by atoms with Gasteiger partial charge in [0.1, 0.15) is 5.01 Å². The van der Waals surface area contributed by atoms with Crippen LogP contribution in [0, 0.1) is 5.92 Å². The number of ether oxygens (including phenoxy) is 1. The highest BCUT2D eigenvalue weighted by molar-refractivity contribution is 7.92. The highest BCUT2D eigenvalue weighted by atomic mass is 32.2. The molecule has 1 saturated carbocycles. The van der Waals surface area contributed by atoms with Crippen molar-refractivity contribution in [1.29, 1.82) is 0 Å². The summed E-state index contributed by atoms with van der Waals surface area (Å²) in [6.07, 6.45) is -3.19. The predicted molar refractivity (Wildman–Crippen MR) is 125 cm³/mol.